The lowest BCUT2D eigenvalue weighted by Gasteiger charge is -2.24. The van der Waals surface area contributed by atoms with Gasteiger partial charge in [0.25, 0.3) is 0 Å². The first-order chi connectivity index (χ1) is 14.2. The maximum Gasteiger partial charge on any atom is 0.416 e. The van der Waals surface area contributed by atoms with Crippen molar-refractivity contribution in [1.29, 1.82) is 0 Å². The topological polar surface area (TPSA) is 49.6 Å². The van der Waals surface area contributed by atoms with Crippen LogP contribution in [0.5, 0.6) is 0 Å². The summed E-state index contributed by atoms with van der Waals surface area (Å²) in [4.78, 5) is 16.3. The average molecular weight is 436 g/mol. The van der Waals surface area contributed by atoms with E-state index >= 15 is 0 Å². The number of urea groups is 1. The molecule has 1 aromatic heterocycles. The fourth-order valence-corrected chi connectivity index (χ4v) is 3.62. The van der Waals surface area contributed by atoms with Gasteiger partial charge in [0.1, 0.15) is 12.0 Å². The van der Waals surface area contributed by atoms with Crippen LogP contribution in [-0.2, 0) is 12.7 Å². The zero-order chi connectivity index (χ0) is 21.5. The first-order valence-electron chi connectivity index (χ1n) is 9.15. The molecule has 3 aromatic rings. The number of anilines is 1. The van der Waals surface area contributed by atoms with E-state index in [1.165, 1.54) is 17.2 Å². The van der Waals surface area contributed by atoms with Crippen LogP contribution >= 0.6 is 11.6 Å². The van der Waals surface area contributed by atoms with E-state index in [4.69, 9.17) is 16.1 Å². The summed E-state index contributed by atoms with van der Waals surface area (Å²) >= 11 is 5.96. The first kappa shape index (κ1) is 20.3. The molecule has 1 fully saturated rings. The van der Waals surface area contributed by atoms with Crippen molar-refractivity contribution in [3.8, 4) is 0 Å². The van der Waals surface area contributed by atoms with E-state index in [9.17, 15) is 18.0 Å². The number of rotatable bonds is 4. The Morgan fingerprint density at radius 3 is 2.57 bits per heavy atom. The largest absolute Gasteiger partial charge is 0.416 e. The van der Waals surface area contributed by atoms with Crippen LogP contribution in [-0.4, -0.2) is 22.6 Å². The number of alkyl halides is 3. The summed E-state index contributed by atoms with van der Waals surface area (Å²) in [5.41, 5.74) is 1.58. The van der Waals surface area contributed by atoms with Crippen molar-refractivity contribution in [2.75, 3.05) is 11.4 Å². The molecule has 2 heterocycles. The molecule has 0 bridgehead atoms. The lowest BCUT2D eigenvalue weighted by Crippen LogP contribution is -2.32. The van der Waals surface area contributed by atoms with Crippen LogP contribution in [0.25, 0.3) is 0 Å². The molecule has 2 amide bonds. The standard InChI is InChI=1S/C21H17ClF3N3O2/c1-13-12-30-26-18(13)10-27-11-19(14-3-2-4-15(9-14)21(23,24)25)28(20(27)29)17-7-5-16(22)6-8-17/h2-9,12,19H,10-11H2,1H3/t19-/m1/s1. The number of carbonyl (C=O) groups is 1. The second kappa shape index (κ2) is 7.68. The Morgan fingerprint density at radius 2 is 1.93 bits per heavy atom. The molecule has 0 radical (unpaired) electrons. The molecule has 9 heteroatoms. The molecule has 1 aliphatic heterocycles. The van der Waals surface area contributed by atoms with Crippen molar-refractivity contribution in [2.24, 2.45) is 0 Å². The third-order valence-electron chi connectivity index (χ3n) is 5.07. The highest BCUT2D eigenvalue weighted by Crippen LogP contribution is 2.38. The Labute approximate surface area is 175 Å². The number of aromatic nitrogens is 1. The van der Waals surface area contributed by atoms with Crippen LogP contribution < -0.4 is 4.90 Å². The van der Waals surface area contributed by atoms with Crippen LogP contribution in [0.15, 0.2) is 59.3 Å². The van der Waals surface area contributed by atoms with Gasteiger partial charge >= 0.3 is 12.2 Å². The van der Waals surface area contributed by atoms with Crippen molar-refractivity contribution < 1.29 is 22.5 Å². The summed E-state index contributed by atoms with van der Waals surface area (Å²) < 4.78 is 44.7. The third kappa shape index (κ3) is 3.87. The Balaban J connectivity index is 1.73. The SMILES string of the molecule is Cc1conc1CN1C[C@H](c2cccc(C(F)(F)F)c2)N(c2ccc(Cl)cc2)C1=O. The fourth-order valence-electron chi connectivity index (χ4n) is 3.50. The second-order valence-electron chi connectivity index (χ2n) is 7.09. The molecule has 1 aliphatic rings. The van der Waals surface area contributed by atoms with Gasteiger partial charge in [-0.2, -0.15) is 13.2 Å². The van der Waals surface area contributed by atoms with Crippen molar-refractivity contribution >= 4 is 23.3 Å². The number of hydrogen-bond acceptors (Lipinski definition) is 3. The van der Waals surface area contributed by atoms with E-state index in [2.05, 4.69) is 5.16 Å². The van der Waals surface area contributed by atoms with Crippen molar-refractivity contribution in [2.45, 2.75) is 25.7 Å². The normalized spacial score (nSPS) is 17.1. The van der Waals surface area contributed by atoms with Crippen molar-refractivity contribution in [1.82, 2.24) is 10.1 Å². The summed E-state index contributed by atoms with van der Waals surface area (Å²) in [7, 11) is 0. The number of benzene rings is 2. The summed E-state index contributed by atoms with van der Waals surface area (Å²) in [5, 5.41) is 4.41. The van der Waals surface area contributed by atoms with E-state index in [0.29, 0.717) is 22.0 Å². The van der Waals surface area contributed by atoms with Gasteiger partial charge in [-0.3, -0.25) is 4.90 Å². The van der Waals surface area contributed by atoms with Gasteiger partial charge in [0, 0.05) is 22.8 Å². The molecule has 0 spiro atoms. The number of aryl methyl sites for hydroxylation is 1. The molecule has 30 heavy (non-hydrogen) atoms. The minimum atomic E-state index is -4.47. The maximum absolute atomic E-state index is 13.2. The van der Waals surface area contributed by atoms with Crippen molar-refractivity contribution in [3.05, 3.63) is 82.2 Å². The number of carbonyl (C=O) groups excluding carboxylic acids is 1. The maximum atomic E-state index is 13.2. The molecule has 2 aromatic carbocycles. The zero-order valence-electron chi connectivity index (χ0n) is 15.9. The minimum Gasteiger partial charge on any atom is -0.364 e. The minimum absolute atomic E-state index is 0.195. The number of hydrogen-bond donors (Lipinski definition) is 0. The van der Waals surface area contributed by atoms with Gasteiger partial charge in [0.15, 0.2) is 0 Å². The summed E-state index contributed by atoms with van der Waals surface area (Å²) in [6.07, 6.45) is -2.99. The Hall–Kier alpha value is -3.00. The van der Waals surface area contributed by atoms with E-state index in [-0.39, 0.29) is 19.1 Å². The molecule has 5 nitrogen and oxygen atoms in total. The van der Waals surface area contributed by atoms with E-state index in [1.54, 1.807) is 35.2 Å². The molecular weight excluding hydrogens is 419 g/mol. The predicted octanol–water partition coefficient (Wildman–Crippen LogP) is 5.84. The Bertz CT molecular complexity index is 1070. The molecule has 0 unspecified atom stereocenters. The van der Waals surface area contributed by atoms with Gasteiger partial charge in [-0.25, -0.2) is 4.79 Å². The van der Waals surface area contributed by atoms with Gasteiger partial charge in [0.05, 0.1) is 18.2 Å². The smallest absolute Gasteiger partial charge is 0.364 e. The Kier molecular flexibility index (Phi) is 5.19. The summed E-state index contributed by atoms with van der Waals surface area (Å²) in [6.45, 7) is 2.21. The highest BCUT2D eigenvalue weighted by atomic mass is 35.5. The van der Waals surface area contributed by atoms with Gasteiger partial charge in [-0.15, -0.1) is 0 Å². The molecule has 0 aliphatic carbocycles. The zero-order valence-corrected chi connectivity index (χ0v) is 16.6. The quantitative estimate of drug-likeness (QED) is 0.517. The van der Waals surface area contributed by atoms with Crippen molar-refractivity contribution in [3.63, 3.8) is 0 Å². The lowest BCUT2D eigenvalue weighted by atomic mass is 10.0. The van der Waals surface area contributed by atoms with Gasteiger partial charge < -0.3 is 9.42 Å². The second-order valence-corrected chi connectivity index (χ2v) is 7.53. The lowest BCUT2D eigenvalue weighted by molar-refractivity contribution is -0.137. The van der Waals surface area contributed by atoms with E-state index in [0.717, 1.165) is 17.7 Å². The fraction of sp³-hybridized carbons (Fsp3) is 0.238. The van der Waals surface area contributed by atoms with Gasteiger partial charge in [0.2, 0.25) is 0 Å². The average Bonchev–Trinajstić information content (AvgIpc) is 3.26. The number of halogens is 4. The molecular formula is C21H17ClF3N3O2. The predicted molar refractivity (Wildman–Crippen MR) is 105 cm³/mol. The first-order valence-corrected chi connectivity index (χ1v) is 9.52. The van der Waals surface area contributed by atoms with Crippen LogP contribution in [0.2, 0.25) is 5.02 Å². The van der Waals surface area contributed by atoms with E-state index < -0.39 is 17.8 Å². The Morgan fingerprint density at radius 1 is 1.20 bits per heavy atom. The molecule has 0 N–H and O–H groups in total. The van der Waals surface area contributed by atoms with Crippen LogP contribution in [0, 0.1) is 6.92 Å². The van der Waals surface area contributed by atoms with Crippen LogP contribution in [0.3, 0.4) is 0 Å². The highest BCUT2D eigenvalue weighted by molar-refractivity contribution is 6.30. The monoisotopic (exact) mass is 435 g/mol. The number of amides is 2. The van der Waals surface area contributed by atoms with Gasteiger partial charge in [-0.05, 0) is 48.9 Å². The van der Waals surface area contributed by atoms with Gasteiger partial charge in [-0.1, -0.05) is 28.9 Å². The molecule has 156 valence electrons. The summed E-state index contributed by atoms with van der Waals surface area (Å²) in [5.74, 6) is 0. The van der Waals surface area contributed by atoms with Crippen LogP contribution in [0.4, 0.5) is 23.7 Å². The summed E-state index contributed by atoms with van der Waals surface area (Å²) in [6, 6.07) is 10.7. The molecule has 0 saturated carbocycles. The molecule has 4 rings (SSSR count). The van der Waals surface area contributed by atoms with Crippen LogP contribution in [0.1, 0.15) is 28.4 Å². The molecule has 1 saturated heterocycles. The highest BCUT2D eigenvalue weighted by Gasteiger charge is 2.40. The number of nitrogens with zero attached hydrogens (tertiary/aromatic N) is 3. The van der Waals surface area contributed by atoms with E-state index in [1.807, 2.05) is 6.92 Å². The third-order valence-corrected chi connectivity index (χ3v) is 5.33. The molecule has 1 atom stereocenters.